The van der Waals surface area contributed by atoms with E-state index in [1.165, 1.54) is 34.9 Å². The lowest BCUT2D eigenvalue weighted by Gasteiger charge is -2.14. The first-order chi connectivity index (χ1) is 13.0. The molecule has 0 aliphatic rings. The van der Waals surface area contributed by atoms with Crippen molar-refractivity contribution in [3.05, 3.63) is 111 Å². The highest BCUT2D eigenvalue weighted by molar-refractivity contribution is 5.78. The number of halogens is 2. The van der Waals surface area contributed by atoms with Gasteiger partial charge < -0.3 is 0 Å². The zero-order valence-electron chi connectivity index (χ0n) is 14.1. The summed E-state index contributed by atoms with van der Waals surface area (Å²) in [4.78, 5) is 26.0. The number of fused-ring (bicyclic) bond motifs is 1. The number of aromatic nitrogens is 2. The predicted molar refractivity (Wildman–Crippen MR) is 99.3 cm³/mol. The minimum atomic E-state index is -0.589. The molecular weight excluding hydrogens is 350 g/mol. The molecule has 4 nitrogen and oxygen atoms in total. The third kappa shape index (κ3) is 3.06. The lowest BCUT2D eigenvalue weighted by atomic mass is 10.2. The normalized spacial score (nSPS) is 11.0. The zero-order valence-corrected chi connectivity index (χ0v) is 14.1. The highest BCUT2D eigenvalue weighted by Crippen LogP contribution is 2.13. The Labute approximate surface area is 152 Å². The fourth-order valence-corrected chi connectivity index (χ4v) is 3.09. The van der Waals surface area contributed by atoms with Gasteiger partial charge in [-0.15, -0.1) is 0 Å². The summed E-state index contributed by atoms with van der Waals surface area (Å²) in [5, 5.41) is 0.337. The first-order valence-corrected chi connectivity index (χ1v) is 8.29. The third-order valence-corrected chi connectivity index (χ3v) is 4.37. The van der Waals surface area contributed by atoms with Gasteiger partial charge in [-0.1, -0.05) is 30.3 Å². The Bertz CT molecular complexity index is 1260. The molecule has 0 bridgehead atoms. The van der Waals surface area contributed by atoms with E-state index in [0.717, 1.165) is 10.6 Å². The fraction of sp³-hybridized carbons (Fsp3) is 0.0476. The minimum Gasteiger partial charge on any atom is -0.288 e. The van der Waals surface area contributed by atoms with Gasteiger partial charge in [-0.2, -0.15) is 0 Å². The van der Waals surface area contributed by atoms with Crippen LogP contribution in [-0.2, 0) is 6.54 Å². The van der Waals surface area contributed by atoms with Crippen LogP contribution in [0, 0.1) is 11.6 Å². The predicted octanol–water partition coefficient (Wildman–Crippen LogP) is 3.48. The smallest absolute Gasteiger partial charge is 0.288 e. The second-order valence-electron chi connectivity index (χ2n) is 6.13. The molecule has 3 aromatic carbocycles. The average molecular weight is 364 g/mol. The summed E-state index contributed by atoms with van der Waals surface area (Å²) in [6, 6.07) is 17.8. The lowest BCUT2D eigenvalue weighted by molar-refractivity contribution is 0.623. The van der Waals surface area contributed by atoms with E-state index in [0.29, 0.717) is 16.5 Å². The SMILES string of the molecule is O=c1c2ccccc2n(Cc2ccc(F)cc2)c(=O)n1-c1cccc(F)c1. The molecule has 1 aromatic heterocycles. The molecule has 0 radical (unpaired) electrons. The Morgan fingerprint density at radius 1 is 0.778 bits per heavy atom. The number of rotatable bonds is 3. The van der Waals surface area contributed by atoms with Gasteiger partial charge in [0.2, 0.25) is 0 Å². The van der Waals surface area contributed by atoms with Gasteiger partial charge >= 0.3 is 5.69 Å². The first-order valence-electron chi connectivity index (χ1n) is 8.29. The molecule has 0 N–H and O–H groups in total. The number of nitrogens with zero attached hydrogens (tertiary/aromatic N) is 2. The molecule has 6 heteroatoms. The molecule has 0 aliphatic heterocycles. The van der Waals surface area contributed by atoms with Crippen LogP contribution in [0.5, 0.6) is 0 Å². The molecule has 4 aromatic rings. The van der Waals surface area contributed by atoms with E-state index in [9.17, 15) is 18.4 Å². The second kappa shape index (κ2) is 6.64. The summed E-state index contributed by atoms with van der Waals surface area (Å²) in [6.45, 7) is 0.148. The van der Waals surface area contributed by atoms with Gasteiger partial charge in [-0.25, -0.2) is 18.1 Å². The molecular formula is C21H14F2N2O2. The topological polar surface area (TPSA) is 44.0 Å². The number of hydrogen-bond donors (Lipinski definition) is 0. The first kappa shape index (κ1) is 16.9. The van der Waals surface area contributed by atoms with E-state index < -0.39 is 17.1 Å². The largest absolute Gasteiger partial charge is 0.336 e. The molecule has 0 spiro atoms. The van der Waals surface area contributed by atoms with Crippen molar-refractivity contribution >= 4 is 10.9 Å². The number of hydrogen-bond acceptors (Lipinski definition) is 2. The van der Waals surface area contributed by atoms with Crippen LogP contribution in [0.4, 0.5) is 8.78 Å². The summed E-state index contributed by atoms with van der Waals surface area (Å²) < 4.78 is 29.2. The van der Waals surface area contributed by atoms with Crippen LogP contribution >= 0.6 is 0 Å². The Morgan fingerprint density at radius 2 is 1.52 bits per heavy atom. The Balaban J connectivity index is 2.01. The van der Waals surface area contributed by atoms with Gasteiger partial charge in [0.15, 0.2) is 0 Å². The molecule has 27 heavy (non-hydrogen) atoms. The zero-order chi connectivity index (χ0) is 19.0. The Kier molecular flexibility index (Phi) is 4.16. The van der Waals surface area contributed by atoms with Crippen LogP contribution < -0.4 is 11.2 Å². The second-order valence-corrected chi connectivity index (χ2v) is 6.13. The number of benzene rings is 3. The van der Waals surface area contributed by atoms with Gasteiger partial charge in [0.25, 0.3) is 5.56 Å². The monoisotopic (exact) mass is 364 g/mol. The molecule has 0 saturated carbocycles. The molecule has 0 atom stereocenters. The summed E-state index contributed by atoms with van der Waals surface area (Å²) >= 11 is 0. The van der Waals surface area contributed by atoms with Crippen LogP contribution in [0.15, 0.2) is 82.4 Å². The Morgan fingerprint density at radius 3 is 2.26 bits per heavy atom. The summed E-state index contributed by atoms with van der Waals surface area (Å²) in [5.74, 6) is -0.919. The van der Waals surface area contributed by atoms with E-state index in [4.69, 9.17) is 0 Å². The minimum absolute atomic E-state index is 0.148. The lowest BCUT2D eigenvalue weighted by Crippen LogP contribution is -2.39. The van der Waals surface area contributed by atoms with Gasteiger partial charge in [0, 0.05) is 0 Å². The molecule has 134 valence electrons. The van der Waals surface area contributed by atoms with Crippen LogP contribution in [0.25, 0.3) is 16.6 Å². The molecule has 0 fully saturated rings. The van der Waals surface area contributed by atoms with Gasteiger partial charge in [0.1, 0.15) is 11.6 Å². The molecule has 0 unspecified atom stereocenters. The van der Waals surface area contributed by atoms with Crippen molar-refractivity contribution < 1.29 is 8.78 Å². The van der Waals surface area contributed by atoms with E-state index >= 15 is 0 Å². The fourth-order valence-electron chi connectivity index (χ4n) is 3.09. The molecule has 4 rings (SSSR count). The van der Waals surface area contributed by atoms with E-state index in [1.54, 1.807) is 36.4 Å². The maximum Gasteiger partial charge on any atom is 0.336 e. The third-order valence-electron chi connectivity index (χ3n) is 4.37. The van der Waals surface area contributed by atoms with Crippen molar-refractivity contribution in [1.82, 2.24) is 9.13 Å². The van der Waals surface area contributed by atoms with Crippen molar-refractivity contribution in [3.8, 4) is 5.69 Å². The van der Waals surface area contributed by atoms with Crippen molar-refractivity contribution in [1.29, 1.82) is 0 Å². The highest BCUT2D eigenvalue weighted by Gasteiger charge is 2.15. The van der Waals surface area contributed by atoms with Gasteiger partial charge in [-0.05, 0) is 48.0 Å². The van der Waals surface area contributed by atoms with E-state index in [-0.39, 0.29) is 18.0 Å². The van der Waals surface area contributed by atoms with Crippen molar-refractivity contribution in [2.75, 3.05) is 0 Å². The van der Waals surface area contributed by atoms with Crippen molar-refractivity contribution in [2.45, 2.75) is 6.54 Å². The summed E-state index contributed by atoms with van der Waals surface area (Å²) in [7, 11) is 0. The van der Waals surface area contributed by atoms with Crippen LogP contribution in [0.2, 0.25) is 0 Å². The summed E-state index contributed by atoms with van der Waals surface area (Å²) in [6.07, 6.45) is 0. The Hall–Kier alpha value is -3.54. The van der Waals surface area contributed by atoms with Crippen LogP contribution in [0.3, 0.4) is 0 Å². The molecule has 1 heterocycles. The quantitative estimate of drug-likeness (QED) is 0.559. The molecule has 0 amide bonds. The standard InChI is InChI=1S/C21H14F2N2O2/c22-15-10-8-14(9-11-15)13-24-19-7-2-1-6-18(19)20(26)25(21(24)27)17-5-3-4-16(23)12-17/h1-12H,13H2. The molecule has 0 saturated heterocycles. The highest BCUT2D eigenvalue weighted by atomic mass is 19.1. The van der Waals surface area contributed by atoms with E-state index in [1.807, 2.05) is 0 Å². The van der Waals surface area contributed by atoms with Crippen LogP contribution in [0.1, 0.15) is 5.56 Å². The van der Waals surface area contributed by atoms with Gasteiger partial charge in [0.05, 0.1) is 23.1 Å². The molecule has 0 aliphatic carbocycles. The summed E-state index contributed by atoms with van der Waals surface area (Å²) in [5.41, 5.74) is 0.214. The van der Waals surface area contributed by atoms with Crippen molar-refractivity contribution in [2.24, 2.45) is 0 Å². The van der Waals surface area contributed by atoms with Gasteiger partial charge in [-0.3, -0.25) is 9.36 Å². The van der Waals surface area contributed by atoms with Crippen molar-refractivity contribution in [3.63, 3.8) is 0 Å². The maximum absolute atomic E-state index is 13.7. The number of para-hydroxylation sites is 1. The maximum atomic E-state index is 13.7. The average Bonchev–Trinajstić information content (AvgIpc) is 2.67. The van der Waals surface area contributed by atoms with E-state index in [2.05, 4.69) is 0 Å². The van der Waals surface area contributed by atoms with Crippen LogP contribution in [-0.4, -0.2) is 9.13 Å².